The Kier molecular flexibility index (Phi) is 2.45. The van der Waals surface area contributed by atoms with Crippen molar-refractivity contribution >= 4 is 16.8 Å². The monoisotopic (exact) mass is 239 g/mol. The van der Waals surface area contributed by atoms with Gasteiger partial charge in [-0.2, -0.15) is 0 Å². The zero-order chi connectivity index (χ0) is 12.4. The lowest BCUT2D eigenvalue weighted by atomic mass is 10.3. The van der Waals surface area contributed by atoms with Gasteiger partial charge in [0.2, 0.25) is 5.89 Å². The smallest absolute Gasteiger partial charge is 0.228 e. The lowest BCUT2D eigenvalue weighted by Crippen LogP contribution is -1.77. The van der Waals surface area contributed by atoms with Crippen molar-refractivity contribution in [2.24, 2.45) is 16.2 Å². The summed E-state index contributed by atoms with van der Waals surface area (Å²) < 4.78 is 5.63. The van der Waals surface area contributed by atoms with Crippen LogP contribution in [-0.2, 0) is 0 Å². The molecule has 3 rings (SSSR count). The summed E-state index contributed by atoms with van der Waals surface area (Å²) in [6.45, 7) is 0. The Hall–Kier alpha value is -2.76. The molecule has 2 aromatic heterocycles. The molecule has 18 heavy (non-hydrogen) atoms. The number of aromatic nitrogens is 2. The van der Waals surface area contributed by atoms with Gasteiger partial charge in [-0.15, -0.1) is 5.11 Å². The maximum Gasteiger partial charge on any atom is 0.228 e. The minimum absolute atomic E-state index is 0.528. The third kappa shape index (κ3) is 1.80. The van der Waals surface area contributed by atoms with E-state index < -0.39 is 0 Å². The van der Waals surface area contributed by atoms with Crippen LogP contribution in [-0.4, -0.2) is 9.97 Å². The Morgan fingerprint density at radius 2 is 2.17 bits per heavy atom. The molecular weight excluding hydrogens is 230 g/mol. The van der Waals surface area contributed by atoms with Gasteiger partial charge >= 0.3 is 0 Å². The molecule has 0 unspecified atom stereocenters. The summed E-state index contributed by atoms with van der Waals surface area (Å²) in [4.78, 5) is 8.40. The van der Waals surface area contributed by atoms with Crippen molar-refractivity contribution in [1.29, 1.82) is 0 Å². The van der Waals surface area contributed by atoms with Crippen LogP contribution >= 0.6 is 0 Å². The predicted octanol–water partition coefficient (Wildman–Crippen LogP) is 2.85. The third-order valence-corrected chi connectivity index (χ3v) is 2.45. The van der Waals surface area contributed by atoms with Gasteiger partial charge in [-0.25, -0.2) is 4.98 Å². The van der Waals surface area contributed by atoms with E-state index in [9.17, 15) is 0 Å². The Labute approximate surface area is 102 Å². The van der Waals surface area contributed by atoms with Crippen molar-refractivity contribution in [2.45, 2.75) is 0 Å². The number of oxazole rings is 1. The molecule has 0 saturated heterocycles. The van der Waals surface area contributed by atoms with Crippen LogP contribution in [0.4, 0.5) is 5.69 Å². The number of hydrogen-bond donors (Lipinski definition) is 1. The maximum atomic E-state index is 5.63. The molecule has 0 spiro atoms. The maximum absolute atomic E-state index is 5.63. The van der Waals surface area contributed by atoms with E-state index in [0.717, 1.165) is 5.56 Å². The zero-order valence-corrected chi connectivity index (χ0v) is 9.32. The Morgan fingerprint density at radius 1 is 1.22 bits per heavy atom. The average molecular weight is 239 g/mol. The molecule has 0 amide bonds. The van der Waals surface area contributed by atoms with Crippen LogP contribution in [0.25, 0.3) is 22.6 Å². The molecule has 0 aliphatic heterocycles. The lowest BCUT2D eigenvalue weighted by Gasteiger charge is -1.90. The molecule has 2 heterocycles. The van der Waals surface area contributed by atoms with Crippen LogP contribution in [0.1, 0.15) is 0 Å². The van der Waals surface area contributed by atoms with Crippen LogP contribution < -0.4 is 5.84 Å². The second-order valence-electron chi connectivity index (χ2n) is 3.63. The molecule has 88 valence electrons. The molecule has 1 aromatic carbocycles. The van der Waals surface area contributed by atoms with Gasteiger partial charge in [0.15, 0.2) is 5.58 Å². The first kappa shape index (κ1) is 10.4. The van der Waals surface area contributed by atoms with Crippen molar-refractivity contribution in [3.63, 3.8) is 0 Å². The summed E-state index contributed by atoms with van der Waals surface area (Å²) in [5, 5.41) is 6.98. The van der Waals surface area contributed by atoms with Crippen LogP contribution in [0.3, 0.4) is 0 Å². The molecule has 0 atom stereocenters. The van der Waals surface area contributed by atoms with E-state index in [1.165, 1.54) is 0 Å². The van der Waals surface area contributed by atoms with Crippen LogP contribution in [0.15, 0.2) is 57.5 Å². The standard InChI is InChI=1S/C12H9N5O/c13-17-16-9-3-4-11-10(6-9)15-12(18-11)8-2-1-5-14-7-8/h1-7H,(H2,13,16). The summed E-state index contributed by atoms with van der Waals surface area (Å²) in [5.74, 6) is 5.53. The average Bonchev–Trinajstić information content (AvgIpc) is 2.83. The second-order valence-corrected chi connectivity index (χ2v) is 3.63. The van der Waals surface area contributed by atoms with E-state index >= 15 is 0 Å². The molecular formula is C12H9N5O. The summed E-state index contributed by atoms with van der Waals surface area (Å²) >= 11 is 0. The van der Waals surface area contributed by atoms with Gasteiger partial charge in [0.25, 0.3) is 0 Å². The van der Waals surface area contributed by atoms with Gasteiger partial charge in [-0.1, -0.05) is 5.22 Å². The number of hydrogen-bond acceptors (Lipinski definition) is 5. The third-order valence-electron chi connectivity index (χ3n) is 2.45. The highest BCUT2D eigenvalue weighted by atomic mass is 16.3. The van der Waals surface area contributed by atoms with Crippen LogP contribution in [0.2, 0.25) is 0 Å². The van der Waals surface area contributed by atoms with Gasteiger partial charge in [0, 0.05) is 12.4 Å². The normalized spacial score (nSPS) is 11.3. The summed E-state index contributed by atoms with van der Waals surface area (Å²) in [5.41, 5.74) is 2.86. The number of benzene rings is 1. The Bertz CT molecular complexity index is 705. The predicted molar refractivity (Wildman–Crippen MR) is 65.9 cm³/mol. The van der Waals surface area contributed by atoms with Gasteiger partial charge < -0.3 is 10.3 Å². The van der Waals surface area contributed by atoms with Crippen molar-refractivity contribution in [2.75, 3.05) is 0 Å². The largest absolute Gasteiger partial charge is 0.436 e. The first-order valence-electron chi connectivity index (χ1n) is 5.29. The van der Waals surface area contributed by atoms with Crippen molar-refractivity contribution < 1.29 is 4.42 Å². The molecule has 0 radical (unpaired) electrons. The summed E-state index contributed by atoms with van der Waals surface area (Å²) in [7, 11) is 0. The quantitative estimate of drug-likeness (QED) is 0.423. The molecule has 6 nitrogen and oxygen atoms in total. The van der Waals surface area contributed by atoms with E-state index in [1.807, 2.05) is 12.1 Å². The summed E-state index contributed by atoms with van der Waals surface area (Å²) in [6.07, 6.45) is 3.40. The first-order chi connectivity index (χ1) is 8.86. The molecule has 2 N–H and O–H groups in total. The fourth-order valence-corrected chi connectivity index (χ4v) is 1.66. The van der Waals surface area contributed by atoms with Crippen LogP contribution in [0.5, 0.6) is 0 Å². The summed E-state index contributed by atoms with van der Waals surface area (Å²) in [6, 6.07) is 9.02. The van der Waals surface area contributed by atoms with Crippen molar-refractivity contribution in [1.82, 2.24) is 9.97 Å². The highest BCUT2D eigenvalue weighted by molar-refractivity contribution is 5.79. The Balaban J connectivity index is 2.11. The molecule has 6 heteroatoms. The van der Waals surface area contributed by atoms with Crippen LogP contribution in [0, 0.1) is 0 Å². The number of fused-ring (bicyclic) bond motifs is 1. The van der Waals surface area contributed by atoms with E-state index in [2.05, 4.69) is 20.3 Å². The topological polar surface area (TPSA) is 89.7 Å². The van der Waals surface area contributed by atoms with Crippen molar-refractivity contribution in [3.8, 4) is 11.5 Å². The van der Waals surface area contributed by atoms with E-state index in [1.54, 1.807) is 30.6 Å². The zero-order valence-electron chi connectivity index (χ0n) is 9.32. The SMILES string of the molecule is NN=Nc1ccc2oc(-c3cccnc3)nc2c1. The second kappa shape index (κ2) is 4.25. The molecule has 0 aliphatic rings. The van der Waals surface area contributed by atoms with Gasteiger partial charge in [0.05, 0.1) is 11.3 Å². The van der Waals surface area contributed by atoms with Gasteiger partial charge in [-0.05, 0) is 30.3 Å². The number of nitrogens with two attached hydrogens (primary N) is 1. The van der Waals surface area contributed by atoms with Crippen molar-refractivity contribution in [3.05, 3.63) is 42.7 Å². The molecule has 3 aromatic rings. The fourth-order valence-electron chi connectivity index (χ4n) is 1.66. The lowest BCUT2D eigenvalue weighted by molar-refractivity contribution is 0.619. The van der Waals surface area contributed by atoms with Gasteiger partial charge in [-0.3, -0.25) is 4.98 Å². The first-order valence-corrected chi connectivity index (χ1v) is 5.29. The minimum Gasteiger partial charge on any atom is -0.436 e. The number of pyridine rings is 1. The van der Waals surface area contributed by atoms with Gasteiger partial charge in [0.1, 0.15) is 5.52 Å². The highest BCUT2D eigenvalue weighted by Gasteiger charge is 2.08. The molecule has 0 bridgehead atoms. The minimum atomic E-state index is 0.528. The highest BCUT2D eigenvalue weighted by Crippen LogP contribution is 2.26. The molecule has 0 saturated carbocycles. The number of rotatable bonds is 2. The van der Waals surface area contributed by atoms with E-state index in [0.29, 0.717) is 22.7 Å². The number of nitrogens with zero attached hydrogens (tertiary/aromatic N) is 4. The Morgan fingerprint density at radius 3 is 2.94 bits per heavy atom. The van der Waals surface area contributed by atoms with E-state index in [4.69, 9.17) is 10.3 Å². The molecule has 0 aliphatic carbocycles. The molecule has 0 fully saturated rings. The van der Waals surface area contributed by atoms with E-state index in [-0.39, 0.29) is 0 Å². The fraction of sp³-hybridized carbons (Fsp3) is 0.